The molecule has 4 heteroatoms. The van der Waals surface area contributed by atoms with Crippen LogP contribution in [0.2, 0.25) is 10.0 Å². The number of halogens is 2. The Balaban J connectivity index is 2.55. The molecule has 0 spiro atoms. The molecule has 0 aromatic heterocycles. The van der Waals surface area contributed by atoms with Gasteiger partial charge >= 0.3 is 0 Å². The zero-order valence-electron chi connectivity index (χ0n) is 11.2. The van der Waals surface area contributed by atoms with Crippen LogP contribution in [0.3, 0.4) is 0 Å². The second-order valence-electron chi connectivity index (χ2n) is 4.67. The van der Waals surface area contributed by atoms with Gasteiger partial charge in [0.15, 0.2) is 0 Å². The predicted molar refractivity (Wildman–Crippen MR) is 78.4 cm³/mol. The highest BCUT2D eigenvalue weighted by Crippen LogP contribution is 2.19. The fraction of sp³-hybridized carbons (Fsp3) is 0.571. The molecule has 0 saturated carbocycles. The fourth-order valence-electron chi connectivity index (χ4n) is 1.69. The Labute approximate surface area is 120 Å². The van der Waals surface area contributed by atoms with Crippen molar-refractivity contribution in [1.29, 1.82) is 0 Å². The van der Waals surface area contributed by atoms with E-state index in [4.69, 9.17) is 27.9 Å². The van der Waals surface area contributed by atoms with Gasteiger partial charge in [0, 0.05) is 29.2 Å². The van der Waals surface area contributed by atoms with E-state index in [1.807, 2.05) is 19.1 Å². The van der Waals surface area contributed by atoms with Gasteiger partial charge in [0.1, 0.15) is 0 Å². The highest BCUT2D eigenvalue weighted by Gasteiger charge is 2.12. The molecule has 0 heterocycles. The summed E-state index contributed by atoms with van der Waals surface area (Å²) < 4.78 is 5.48. The van der Waals surface area contributed by atoms with Crippen LogP contribution in [0.4, 0.5) is 0 Å². The summed E-state index contributed by atoms with van der Waals surface area (Å²) in [6.45, 7) is 8.59. The first-order valence-corrected chi connectivity index (χ1v) is 7.04. The average molecular weight is 290 g/mol. The number of ether oxygens (including phenoxy) is 1. The van der Waals surface area contributed by atoms with E-state index in [0.717, 1.165) is 25.3 Å². The lowest BCUT2D eigenvalue weighted by Crippen LogP contribution is -2.37. The molecule has 1 rings (SSSR count). The summed E-state index contributed by atoms with van der Waals surface area (Å²) in [5, 5.41) is 4.83. The molecule has 2 nitrogen and oxygen atoms in total. The summed E-state index contributed by atoms with van der Waals surface area (Å²) in [6.07, 6.45) is 0. The summed E-state index contributed by atoms with van der Waals surface area (Å²) in [6, 6.07) is 5.94. The maximum atomic E-state index is 5.97. The first kappa shape index (κ1) is 15.8. The predicted octanol–water partition coefficient (Wildman–Crippen LogP) is 4.14. The normalized spacial score (nSPS) is 13.0. The van der Waals surface area contributed by atoms with Crippen molar-refractivity contribution < 1.29 is 4.74 Å². The van der Waals surface area contributed by atoms with Crippen LogP contribution < -0.4 is 5.32 Å². The summed E-state index contributed by atoms with van der Waals surface area (Å²) in [5.41, 5.74) is 1.09. The largest absolute Gasteiger partial charge is 0.380 e. The number of benzene rings is 1. The van der Waals surface area contributed by atoms with E-state index in [9.17, 15) is 0 Å². The Kier molecular flexibility index (Phi) is 7.02. The standard InChI is InChI=1S/C14H21Cl2NO/c1-4-18-9-14(10(2)3)17-8-11-5-12(15)7-13(16)6-11/h5-7,10,14,17H,4,8-9H2,1-3H3. The average Bonchev–Trinajstić information content (AvgIpc) is 2.27. The van der Waals surface area contributed by atoms with Crippen LogP contribution in [0.5, 0.6) is 0 Å². The van der Waals surface area contributed by atoms with E-state index in [2.05, 4.69) is 19.2 Å². The molecule has 0 bridgehead atoms. The molecule has 102 valence electrons. The van der Waals surface area contributed by atoms with E-state index in [1.165, 1.54) is 0 Å². The van der Waals surface area contributed by atoms with E-state index in [0.29, 0.717) is 22.0 Å². The molecule has 1 N–H and O–H groups in total. The Bertz CT molecular complexity index is 349. The zero-order chi connectivity index (χ0) is 13.5. The van der Waals surface area contributed by atoms with Gasteiger partial charge in [0.25, 0.3) is 0 Å². The molecule has 0 aliphatic rings. The van der Waals surface area contributed by atoms with Gasteiger partial charge < -0.3 is 10.1 Å². The lowest BCUT2D eigenvalue weighted by atomic mass is 10.0. The first-order valence-electron chi connectivity index (χ1n) is 6.29. The van der Waals surface area contributed by atoms with Gasteiger partial charge in [-0.3, -0.25) is 0 Å². The van der Waals surface area contributed by atoms with E-state index >= 15 is 0 Å². The maximum Gasteiger partial charge on any atom is 0.0622 e. The molecule has 0 amide bonds. The van der Waals surface area contributed by atoms with Gasteiger partial charge in [-0.05, 0) is 36.6 Å². The molecule has 0 radical (unpaired) electrons. The number of hydrogen-bond acceptors (Lipinski definition) is 2. The van der Waals surface area contributed by atoms with Crippen molar-refractivity contribution in [2.45, 2.75) is 33.4 Å². The van der Waals surface area contributed by atoms with Crippen molar-refractivity contribution in [3.8, 4) is 0 Å². The summed E-state index contributed by atoms with van der Waals surface area (Å²) >= 11 is 11.9. The molecular formula is C14H21Cl2NO. The van der Waals surface area contributed by atoms with Crippen LogP contribution in [-0.4, -0.2) is 19.3 Å². The lowest BCUT2D eigenvalue weighted by molar-refractivity contribution is 0.108. The summed E-state index contributed by atoms with van der Waals surface area (Å²) in [7, 11) is 0. The van der Waals surface area contributed by atoms with Crippen molar-refractivity contribution in [3.63, 3.8) is 0 Å². The van der Waals surface area contributed by atoms with Crippen LogP contribution in [-0.2, 0) is 11.3 Å². The number of nitrogens with one attached hydrogen (secondary N) is 1. The maximum absolute atomic E-state index is 5.97. The topological polar surface area (TPSA) is 21.3 Å². The van der Waals surface area contributed by atoms with Crippen molar-refractivity contribution in [1.82, 2.24) is 5.32 Å². The van der Waals surface area contributed by atoms with Gasteiger partial charge in [-0.25, -0.2) is 0 Å². The van der Waals surface area contributed by atoms with Gasteiger partial charge in [-0.2, -0.15) is 0 Å². The fourth-order valence-corrected chi connectivity index (χ4v) is 2.27. The molecule has 18 heavy (non-hydrogen) atoms. The van der Waals surface area contributed by atoms with Crippen LogP contribution in [0, 0.1) is 5.92 Å². The highest BCUT2D eigenvalue weighted by molar-refractivity contribution is 6.34. The quantitative estimate of drug-likeness (QED) is 0.814. The van der Waals surface area contributed by atoms with Gasteiger partial charge in [0.2, 0.25) is 0 Å². The molecule has 0 saturated heterocycles. The van der Waals surface area contributed by atoms with E-state index in [1.54, 1.807) is 6.07 Å². The minimum Gasteiger partial charge on any atom is -0.380 e. The van der Waals surface area contributed by atoms with Gasteiger partial charge in [-0.15, -0.1) is 0 Å². The van der Waals surface area contributed by atoms with Crippen LogP contribution in [0.15, 0.2) is 18.2 Å². The Hall–Kier alpha value is -0.280. The van der Waals surface area contributed by atoms with Gasteiger partial charge in [-0.1, -0.05) is 37.0 Å². The molecule has 0 aliphatic heterocycles. The minimum absolute atomic E-state index is 0.336. The zero-order valence-corrected chi connectivity index (χ0v) is 12.7. The highest BCUT2D eigenvalue weighted by atomic mass is 35.5. The third-order valence-corrected chi connectivity index (χ3v) is 3.23. The first-order chi connectivity index (χ1) is 8.52. The monoisotopic (exact) mass is 289 g/mol. The molecule has 1 aromatic rings. The van der Waals surface area contributed by atoms with Crippen LogP contribution >= 0.6 is 23.2 Å². The molecule has 1 aromatic carbocycles. The van der Waals surface area contributed by atoms with Crippen molar-refractivity contribution in [2.24, 2.45) is 5.92 Å². The minimum atomic E-state index is 0.336. The van der Waals surface area contributed by atoms with Crippen molar-refractivity contribution in [2.75, 3.05) is 13.2 Å². The molecule has 1 unspecified atom stereocenters. The van der Waals surface area contributed by atoms with Gasteiger partial charge in [0.05, 0.1) is 6.61 Å². The van der Waals surface area contributed by atoms with Crippen LogP contribution in [0.25, 0.3) is 0 Å². The van der Waals surface area contributed by atoms with Crippen LogP contribution in [0.1, 0.15) is 26.3 Å². The Morgan fingerprint density at radius 1 is 1.17 bits per heavy atom. The summed E-state index contributed by atoms with van der Waals surface area (Å²) in [5.74, 6) is 0.520. The van der Waals surface area contributed by atoms with Crippen molar-refractivity contribution in [3.05, 3.63) is 33.8 Å². The van der Waals surface area contributed by atoms with Crippen molar-refractivity contribution >= 4 is 23.2 Å². The Morgan fingerprint density at radius 2 is 1.78 bits per heavy atom. The third-order valence-electron chi connectivity index (χ3n) is 2.80. The summed E-state index contributed by atoms with van der Waals surface area (Å²) in [4.78, 5) is 0. The lowest BCUT2D eigenvalue weighted by Gasteiger charge is -2.22. The Morgan fingerprint density at radius 3 is 2.28 bits per heavy atom. The smallest absolute Gasteiger partial charge is 0.0622 e. The SMILES string of the molecule is CCOCC(NCc1cc(Cl)cc(Cl)c1)C(C)C. The molecule has 0 aliphatic carbocycles. The molecular weight excluding hydrogens is 269 g/mol. The second kappa shape index (κ2) is 8.00. The number of rotatable bonds is 7. The van der Waals surface area contributed by atoms with E-state index < -0.39 is 0 Å². The number of hydrogen-bond donors (Lipinski definition) is 1. The third kappa shape index (κ3) is 5.57. The molecule has 0 fully saturated rings. The van der Waals surface area contributed by atoms with E-state index in [-0.39, 0.29) is 0 Å². The second-order valence-corrected chi connectivity index (χ2v) is 5.54. The molecule has 1 atom stereocenters.